The molecule has 140 valence electrons. The van der Waals surface area contributed by atoms with Crippen LogP contribution >= 0.6 is 0 Å². The van der Waals surface area contributed by atoms with Crippen molar-refractivity contribution in [2.75, 3.05) is 53.2 Å². The van der Waals surface area contributed by atoms with Crippen molar-refractivity contribution < 1.29 is 27.4 Å². The highest BCUT2D eigenvalue weighted by molar-refractivity contribution is 7.89. The number of hydrogen-bond donors (Lipinski definition) is 0. The van der Waals surface area contributed by atoms with Crippen molar-refractivity contribution in [2.24, 2.45) is 5.92 Å². The fraction of sp³-hybridized carbons (Fsp3) is 0.647. The van der Waals surface area contributed by atoms with Gasteiger partial charge in [-0.25, -0.2) is 8.42 Å². The number of methoxy groups -OCH3 is 1. The highest BCUT2D eigenvalue weighted by Gasteiger charge is 2.30. The van der Waals surface area contributed by atoms with Crippen LogP contribution in [0, 0.1) is 5.92 Å². The molecule has 2 aliphatic rings. The molecule has 1 saturated heterocycles. The van der Waals surface area contributed by atoms with Crippen LogP contribution in [0.2, 0.25) is 0 Å². The molecule has 0 N–H and O–H groups in total. The van der Waals surface area contributed by atoms with E-state index in [9.17, 15) is 8.42 Å². The van der Waals surface area contributed by atoms with Gasteiger partial charge in [-0.3, -0.25) is 0 Å². The van der Waals surface area contributed by atoms with Crippen molar-refractivity contribution in [2.45, 2.75) is 17.7 Å². The first-order valence-corrected chi connectivity index (χ1v) is 10.0. The molecule has 0 spiro atoms. The van der Waals surface area contributed by atoms with Crippen LogP contribution in [0.5, 0.6) is 11.5 Å². The number of hydrogen-bond acceptors (Lipinski definition) is 6. The molecule has 0 saturated carbocycles. The molecule has 0 amide bonds. The maximum Gasteiger partial charge on any atom is 0.243 e. The molecule has 7 nitrogen and oxygen atoms in total. The predicted octanol–water partition coefficient (Wildman–Crippen LogP) is 1.52. The third kappa shape index (κ3) is 4.44. The molecule has 0 unspecified atom stereocenters. The summed E-state index contributed by atoms with van der Waals surface area (Å²) in [7, 11) is -1.87. The second-order valence-corrected chi connectivity index (χ2v) is 8.16. The number of fused-ring (bicyclic) bond motifs is 1. The first-order chi connectivity index (χ1) is 12.1. The molecule has 3 rings (SSSR count). The van der Waals surface area contributed by atoms with Gasteiger partial charge in [0, 0.05) is 32.9 Å². The van der Waals surface area contributed by atoms with Gasteiger partial charge in [-0.15, -0.1) is 0 Å². The molecule has 0 atom stereocenters. The first-order valence-electron chi connectivity index (χ1n) is 8.58. The average Bonchev–Trinajstić information content (AvgIpc) is 2.65. The highest BCUT2D eigenvalue weighted by Crippen LogP contribution is 2.34. The summed E-state index contributed by atoms with van der Waals surface area (Å²) in [6, 6.07) is 4.81. The number of rotatable bonds is 7. The van der Waals surface area contributed by atoms with Gasteiger partial charge in [0.25, 0.3) is 0 Å². The quantitative estimate of drug-likeness (QED) is 0.677. The van der Waals surface area contributed by atoms with Gasteiger partial charge in [0.2, 0.25) is 10.0 Å². The maximum absolute atomic E-state index is 12.9. The maximum atomic E-state index is 12.9. The van der Waals surface area contributed by atoms with Crippen LogP contribution in [0.4, 0.5) is 0 Å². The molecule has 0 radical (unpaired) electrons. The smallest absolute Gasteiger partial charge is 0.243 e. The molecule has 1 aromatic carbocycles. The zero-order chi connectivity index (χ0) is 17.7. The van der Waals surface area contributed by atoms with Gasteiger partial charge in [0.05, 0.1) is 18.1 Å². The Bertz CT molecular complexity index is 670. The topological polar surface area (TPSA) is 74.3 Å². The molecular formula is C17H25NO6S. The Kier molecular flexibility index (Phi) is 6.16. The Morgan fingerprint density at radius 2 is 1.84 bits per heavy atom. The third-order valence-corrected chi connectivity index (χ3v) is 6.40. The van der Waals surface area contributed by atoms with Crippen molar-refractivity contribution in [3.8, 4) is 11.5 Å². The zero-order valence-electron chi connectivity index (χ0n) is 14.5. The second kappa shape index (κ2) is 8.35. The molecule has 0 bridgehead atoms. The molecule has 0 aliphatic carbocycles. The number of sulfonamides is 1. The summed E-state index contributed by atoms with van der Waals surface area (Å²) in [5, 5.41) is 0. The summed E-state index contributed by atoms with van der Waals surface area (Å²) in [5.74, 6) is 1.48. The zero-order valence-corrected chi connectivity index (χ0v) is 15.3. The Labute approximate surface area is 148 Å². The van der Waals surface area contributed by atoms with E-state index in [1.54, 1.807) is 29.6 Å². The number of ether oxygens (including phenoxy) is 4. The van der Waals surface area contributed by atoms with Crippen molar-refractivity contribution in [1.29, 1.82) is 0 Å². The lowest BCUT2D eigenvalue weighted by atomic mass is 9.99. The first kappa shape index (κ1) is 18.4. The third-order valence-electron chi connectivity index (χ3n) is 4.51. The lowest BCUT2D eigenvalue weighted by Gasteiger charge is -2.31. The fourth-order valence-electron chi connectivity index (χ4n) is 3.04. The summed E-state index contributed by atoms with van der Waals surface area (Å²) >= 11 is 0. The summed E-state index contributed by atoms with van der Waals surface area (Å²) in [5.41, 5.74) is 0. The van der Waals surface area contributed by atoms with Gasteiger partial charge in [-0.05, 0) is 30.9 Å². The van der Waals surface area contributed by atoms with Crippen LogP contribution < -0.4 is 9.47 Å². The lowest BCUT2D eigenvalue weighted by molar-refractivity contribution is 0.0410. The van der Waals surface area contributed by atoms with E-state index in [0.29, 0.717) is 63.5 Å². The van der Waals surface area contributed by atoms with Gasteiger partial charge in [0.1, 0.15) is 13.2 Å². The minimum atomic E-state index is -3.51. The van der Waals surface area contributed by atoms with Gasteiger partial charge in [0.15, 0.2) is 11.5 Å². The SMILES string of the molecule is COCCOCC1CCN(S(=O)(=O)c2ccc3c(c2)OCCO3)CC1. The monoisotopic (exact) mass is 371 g/mol. The average molecular weight is 371 g/mol. The molecule has 2 aliphatic heterocycles. The summed E-state index contributed by atoms with van der Waals surface area (Å²) in [6.07, 6.45) is 1.60. The van der Waals surface area contributed by atoms with Gasteiger partial charge in [-0.1, -0.05) is 0 Å². The van der Waals surface area contributed by atoms with Crippen LogP contribution in [-0.2, 0) is 19.5 Å². The Morgan fingerprint density at radius 3 is 2.56 bits per heavy atom. The van der Waals surface area contributed by atoms with Gasteiger partial charge in [-0.2, -0.15) is 4.31 Å². The fourth-order valence-corrected chi connectivity index (χ4v) is 4.53. The van der Waals surface area contributed by atoms with E-state index >= 15 is 0 Å². The summed E-state index contributed by atoms with van der Waals surface area (Å²) in [6.45, 7) is 3.75. The Balaban J connectivity index is 1.58. The van der Waals surface area contributed by atoms with Crippen molar-refractivity contribution in [3.05, 3.63) is 18.2 Å². The van der Waals surface area contributed by atoms with Gasteiger partial charge >= 0.3 is 0 Å². The molecule has 2 heterocycles. The Hall–Kier alpha value is -1.35. The summed E-state index contributed by atoms with van der Waals surface area (Å²) < 4.78 is 48.7. The van der Waals surface area contributed by atoms with E-state index in [1.165, 1.54) is 0 Å². The van der Waals surface area contributed by atoms with Crippen LogP contribution in [-0.4, -0.2) is 66.0 Å². The summed E-state index contributed by atoms with van der Waals surface area (Å²) in [4.78, 5) is 0.256. The standard InChI is InChI=1S/C17H25NO6S/c1-21-8-9-22-13-14-4-6-18(7-5-14)25(19,20)15-2-3-16-17(12-15)24-11-10-23-16/h2-3,12,14H,4-11,13H2,1H3. The molecule has 25 heavy (non-hydrogen) atoms. The van der Waals surface area contributed by atoms with E-state index in [2.05, 4.69) is 0 Å². The lowest BCUT2D eigenvalue weighted by Crippen LogP contribution is -2.39. The molecule has 1 fully saturated rings. The molecule has 0 aromatic heterocycles. The Morgan fingerprint density at radius 1 is 1.12 bits per heavy atom. The number of benzene rings is 1. The van der Waals surface area contributed by atoms with Crippen LogP contribution in [0.25, 0.3) is 0 Å². The number of nitrogens with zero attached hydrogens (tertiary/aromatic N) is 1. The normalized spacial score (nSPS) is 19.1. The second-order valence-electron chi connectivity index (χ2n) is 6.22. The van der Waals surface area contributed by atoms with Crippen LogP contribution in [0.3, 0.4) is 0 Å². The van der Waals surface area contributed by atoms with E-state index in [1.807, 2.05) is 0 Å². The van der Waals surface area contributed by atoms with E-state index < -0.39 is 10.0 Å². The van der Waals surface area contributed by atoms with Crippen molar-refractivity contribution in [1.82, 2.24) is 4.31 Å². The predicted molar refractivity (Wildman–Crippen MR) is 91.6 cm³/mol. The molecule has 1 aromatic rings. The minimum Gasteiger partial charge on any atom is -0.486 e. The van der Waals surface area contributed by atoms with Crippen molar-refractivity contribution in [3.63, 3.8) is 0 Å². The molecule has 8 heteroatoms. The minimum absolute atomic E-state index is 0.256. The van der Waals surface area contributed by atoms with Crippen molar-refractivity contribution >= 4 is 10.0 Å². The number of piperidine rings is 1. The van der Waals surface area contributed by atoms with E-state index in [-0.39, 0.29) is 4.90 Å². The van der Waals surface area contributed by atoms with E-state index in [4.69, 9.17) is 18.9 Å². The highest BCUT2D eigenvalue weighted by atomic mass is 32.2. The largest absolute Gasteiger partial charge is 0.486 e. The molecular weight excluding hydrogens is 346 g/mol. The van der Waals surface area contributed by atoms with Crippen LogP contribution in [0.1, 0.15) is 12.8 Å². The van der Waals surface area contributed by atoms with Crippen LogP contribution in [0.15, 0.2) is 23.1 Å². The van der Waals surface area contributed by atoms with E-state index in [0.717, 1.165) is 12.8 Å². The van der Waals surface area contributed by atoms with Gasteiger partial charge < -0.3 is 18.9 Å².